The molecule has 282 valence electrons. The van der Waals surface area contributed by atoms with E-state index in [1.807, 2.05) is 31.2 Å². The van der Waals surface area contributed by atoms with Gasteiger partial charge in [-0.1, -0.05) is 23.7 Å². The molecular weight excluding hydrogens is 732 g/mol. The number of aromatic nitrogens is 2. The maximum absolute atomic E-state index is 14.0. The van der Waals surface area contributed by atoms with E-state index in [2.05, 4.69) is 5.16 Å². The van der Waals surface area contributed by atoms with Gasteiger partial charge in [0.1, 0.15) is 12.3 Å². The number of nitrogens with zero attached hydrogens (tertiary/aromatic N) is 6. The monoisotopic (exact) mass is 760 g/mol. The number of ether oxygens (including phenoxy) is 2. The lowest BCUT2D eigenvalue weighted by molar-refractivity contribution is -0.393. The van der Waals surface area contributed by atoms with Crippen LogP contribution < -0.4 is 5.56 Å². The minimum Gasteiger partial charge on any atom is -0.457 e. The number of cyclic esters (lactones) is 1. The van der Waals surface area contributed by atoms with Gasteiger partial charge in [0.25, 0.3) is 22.6 Å². The zero-order chi connectivity index (χ0) is 40.0. The number of nitro benzene ring substituents is 3. The summed E-state index contributed by atoms with van der Waals surface area (Å²) in [6, 6.07) is 13.4. The maximum Gasteiger partial charge on any atom is 0.355 e. The summed E-state index contributed by atoms with van der Waals surface area (Å²) in [5, 5.41) is 40.7. The van der Waals surface area contributed by atoms with E-state index in [0.29, 0.717) is 16.9 Å². The predicted octanol–water partition coefficient (Wildman–Crippen LogP) is 5.81. The molecule has 0 radical (unpaired) electrons. The Balaban J connectivity index is 1.18. The topological polar surface area (TPSA) is 238 Å². The number of pyridine rings is 2. The molecule has 1 aliphatic carbocycles. The minimum absolute atomic E-state index is 0.00295. The molecule has 0 saturated carbocycles. The number of hydrogen-bond acceptors (Lipinski definition) is 14. The molecule has 2 aromatic heterocycles. The third-order valence-corrected chi connectivity index (χ3v) is 10.3. The number of rotatable bonds is 8. The third-order valence-electron chi connectivity index (χ3n) is 10.3. The van der Waals surface area contributed by atoms with Crippen molar-refractivity contribution in [3.63, 3.8) is 0 Å². The van der Waals surface area contributed by atoms with Gasteiger partial charge in [-0.05, 0) is 57.0 Å². The molecule has 0 spiro atoms. The summed E-state index contributed by atoms with van der Waals surface area (Å²) in [7, 11) is 0. The highest BCUT2D eigenvalue weighted by Crippen LogP contribution is 2.48. The summed E-state index contributed by atoms with van der Waals surface area (Å²) >= 11 is 0. The van der Waals surface area contributed by atoms with Crippen molar-refractivity contribution < 1.29 is 38.7 Å². The molecular formula is C38H28N6O12. The molecule has 0 saturated heterocycles. The van der Waals surface area contributed by atoms with Crippen molar-refractivity contribution in [1.82, 2.24) is 9.55 Å². The maximum atomic E-state index is 14.0. The lowest BCUT2D eigenvalue weighted by Crippen LogP contribution is -2.48. The van der Waals surface area contributed by atoms with Crippen molar-refractivity contribution in [2.24, 2.45) is 5.16 Å². The average Bonchev–Trinajstić information content (AvgIpc) is 3.68. The fourth-order valence-corrected chi connectivity index (χ4v) is 7.64. The fraction of sp³-hybridized carbons (Fsp3) is 0.237. The highest BCUT2D eigenvalue weighted by Gasteiger charge is 2.51. The predicted molar refractivity (Wildman–Crippen MR) is 196 cm³/mol. The van der Waals surface area contributed by atoms with Crippen LogP contribution in [0.15, 0.2) is 64.5 Å². The zero-order valence-electron chi connectivity index (χ0n) is 30.0. The number of nitro groups is 3. The molecule has 18 heteroatoms. The van der Waals surface area contributed by atoms with Gasteiger partial charge >= 0.3 is 11.9 Å². The Kier molecular flexibility index (Phi) is 8.03. The second-order valence-electron chi connectivity index (χ2n) is 13.7. The van der Waals surface area contributed by atoms with Crippen LogP contribution in [0.5, 0.6) is 0 Å². The van der Waals surface area contributed by atoms with Crippen LogP contribution in [0.25, 0.3) is 33.4 Å². The van der Waals surface area contributed by atoms with Crippen molar-refractivity contribution in [3.8, 4) is 22.5 Å². The van der Waals surface area contributed by atoms with E-state index in [-0.39, 0.29) is 64.2 Å². The summed E-state index contributed by atoms with van der Waals surface area (Å²) in [6.07, 6.45) is -1.75. The first kappa shape index (κ1) is 35.6. The van der Waals surface area contributed by atoms with Crippen LogP contribution in [0, 0.1) is 44.2 Å². The number of esters is 2. The molecule has 3 aromatic carbocycles. The Hall–Kier alpha value is -7.37. The van der Waals surface area contributed by atoms with Crippen molar-refractivity contribution >= 4 is 45.6 Å². The molecule has 4 heterocycles. The molecule has 0 unspecified atom stereocenters. The second kappa shape index (κ2) is 12.6. The zero-order valence-corrected chi connectivity index (χ0v) is 30.0. The van der Waals surface area contributed by atoms with Crippen LogP contribution in [0.4, 0.5) is 17.1 Å². The van der Waals surface area contributed by atoms with Gasteiger partial charge in [-0.25, -0.2) is 14.6 Å². The lowest BCUT2D eigenvalue weighted by Gasteiger charge is -2.36. The van der Waals surface area contributed by atoms with Gasteiger partial charge in [-0.3, -0.25) is 35.1 Å². The van der Waals surface area contributed by atoms with Gasteiger partial charge in [0.2, 0.25) is 11.7 Å². The normalized spacial score (nSPS) is 17.3. The van der Waals surface area contributed by atoms with Crippen molar-refractivity contribution in [2.45, 2.75) is 59.0 Å². The molecule has 5 aromatic rings. The SMILES string of the molecule is CC[C@@]1(OC(=O)[C@H](C)O/N=C2/c3cc([N+](=O)[O-])cc(C)c3-c3c2cc([N+](=O)[O-])cc3[N+](=O)[O-])C(=O)OCc2c1cc1n(c2=O)Cc2cc3cc(C)ccc3nc2-1. The van der Waals surface area contributed by atoms with E-state index in [0.717, 1.165) is 34.7 Å². The molecule has 0 bridgehead atoms. The largest absolute Gasteiger partial charge is 0.457 e. The number of carbonyl (C=O) groups excluding carboxylic acids is 2. The molecule has 2 atom stereocenters. The van der Waals surface area contributed by atoms with Crippen molar-refractivity contribution in [1.29, 1.82) is 0 Å². The van der Waals surface area contributed by atoms with Gasteiger partial charge in [0.15, 0.2) is 0 Å². The lowest BCUT2D eigenvalue weighted by atomic mass is 9.85. The highest BCUT2D eigenvalue weighted by molar-refractivity contribution is 6.26. The number of non-ortho nitro benzene ring substituents is 2. The van der Waals surface area contributed by atoms with E-state index in [1.54, 1.807) is 13.0 Å². The Morgan fingerprint density at radius 3 is 2.34 bits per heavy atom. The van der Waals surface area contributed by atoms with Gasteiger partial charge in [-0.2, -0.15) is 0 Å². The second-order valence-corrected chi connectivity index (χ2v) is 13.7. The van der Waals surface area contributed by atoms with E-state index in [9.17, 15) is 44.7 Å². The van der Waals surface area contributed by atoms with Crippen molar-refractivity contribution in [2.75, 3.05) is 0 Å². The highest BCUT2D eigenvalue weighted by atomic mass is 16.7. The Morgan fingerprint density at radius 1 is 0.964 bits per heavy atom. The smallest absolute Gasteiger partial charge is 0.355 e. The first-order chi connectivity index (χ1) is 26.6. The van der Waals surface area contributed by atoms with Gasteiger partial charge < -0.3 is 18.9 Å². The summed E-state index contributed by atoms with van der Waals surface area (Å²) in [6.45, 7) is 6.12. The van der Waals surface area contributed by atoms with Crippen LogP contribution in [-0.4, -0.2) is 48.1 Å². The van der Waals surface area contributed by atoms with E-state index in [1.165, 1.54) is 24.5 Å². The van der Waals surface area contributed by atoms with Crippen LogP contribution in [0.3, 0.4) is 0 Å². The van der Waals surface area contributed by atoms with E-state index in [4.69, 9.17) is 19.3 Å². The summed E-state index contributed by atoms with van der Waals surface area (Å²) in [5.74, 6) is -2.05. The number of benzene rings is 3. The third kappa shape index (κ3) is 5.28. The molecule has 2 aliphatic heterocycles. The van der Waals surface area contributed by atoms with Crippen LogP contribution in [-0.2, 0) is 42.7 Å². The molecule has 0 amide bonds. The Labute approximate surface area is 314 Å². The van der Waals surface area contributed by atoms with Crippen LogP contribution in [0.2, 0.25) is 0 Å². The first-order valence-corrected chi connectivity index (χ1v) is 17.2. The molecule has 0 N–H and O–H groups in total. The quantitative estimate of drug-likeness (QED) is 0.101. The fourth-order valence-electron chi connectivity index (χ4n) is 7.64. The van der Waals surface area contributed by atoms with Crippen LogP contribution >= 0.6 is 0 Å². The Bertz CT molecular complexity index is 2770. The van der Waals surface area contributed by atoms with E-state index < -0.39 is 61.0 Å². The number of aryl methyl sites for hydroxylation is 2. The van der Waals surface area contributed by atoms with Crippen molar-refractivity contribution in [3.05, 3.63) is 134 Å². The Morgan fingerprint density at radius 2 is 1.66 bits per heavy atom. The number of fused-ring (bicyclic) bond motifs is 8. The average molecular weight is 761 g/mol. The number of carbonyl (C=O) groups is 2. The molecule has 8 rings (SSSR count). The van der Waals surface area contributed by atoms with Gasteiger partial charge in [-0.15, -0.1) is 0 Å². The summed E-state index contributed by atoms with van der Waals surface area (Å²) < 4.78 is 12.9. The van der Waals surface area contributed by atoms with E-state index >= 15 is 0 Å². The molecule has 0 fully saturated rings. The molecule has 18 nitrogen and oxygen atoms in total. The molecule has 3 aliphatic rings. The summed E-state index contributed by atoms with van der Waals surface area (Å²) in [4.78, 5) is 85.2. The standard InChI is InChI=1S/C38H28N6O12/c1-5-38(27-14-30-33-21(10-20-8-17(2)6-7-28(20)39-33)15-41(30)35(45)26(27)16-54-37(38)47)55-36(46)19(4)56-40-34-24-11-22(42(48)49)9-18(3)31(24)32-25(34)12-23(43(50)51)13-29(32)44(52)53/h6-14,19H,5,15-16H2,1-4H3/b40-34-/t19-,38-/m0/s1. The number of hydrogen-bond donors (Lipinski definition) is 0. The summed E-state index contributed by atoms with van der Waals surface area (Å²) in [5.41, 5.74) is -0.546. The van der Waals surface area contributed by atoms with Crippen LogP contribution in [0.1, 0.15) is 59.2 Å². The number of oxime groups is 1. The van der Waals surface area contributed by atoms with Gasteiger partial charge in [0.05, 0.1) is 55.4 Å². The first-order valence-electron chi connectivity index (χ1n) is 17.2. The van der Waals surface area contributed by atoms with Gasteiger partial charge in [0, 0.05) is 51.4 Å². The minimum atomic E-state index is -2.09. The molecule has 56 heavy (non-hydrogen) atoms.